The summed E-state index contributed by atoms with van der Waals surface area (Å²) in [4.78, 5) is 31.0. The maximum Gasteiger partial charge on any atom is 0.270 e. The van der Waals surface area contributed by atoms with Crippen LogP contribution in [-0.2, 0) is 13.0 Å². The number of Topliss-reactive ketones (excluding diaryl/α,β-unsaturated/α-hetero) is 1. The van der Waals surface area contributed by atoms with Crippen LogP contribution in [0.4, 0.5) is 0 Å². The molecule has 2 aromatic rings. The highest BCUT2D eigenvalue weighted by molar-refractivity contribution is 6.04. The number of carbonyl (C=O) groups is 2. The number of rotatable bonds is 5. The minimum Gasteiger partial charge on any atom is -0.354 e. The molecule has 1 aromatic carbocycles. The lowest BCUT2D eigenvalue weighted by Gasteiger charge is -2.28. The van der Waals surface area contributed by atoms with Gasteiger partial charge in [0.15, 0.2) is 5.78 Å². The third-order valence-electron chi connectivity index (χ3n) is 5.11. The van der Waals surface area contributed by atoms with Gasteiger partial charge in [-0.1, -0.05) is 51.1 Å². The van der Waals surface area contributed by atoms with Gasteiger partial charge in [0.05, 0.1) is 0 Å². The molecule has 1 amide bonds. The van der Waals surface area contributed by atoms with Crippen molar-refractivity contribution < 1.29 is 9.59 Å². The zero-order valence-electron chi connectivity index (χ0n) is 16.2. The van der Waals surface area contributed by atoms with Crippen molar-refractivity contribution in [2.75, 3.05) is 6.54 Å². The number of nitrogens with zero attached hydrogens (tertiary/aromatic N) is 1. The second-order valence-corrected chi connectivity index (χ2v) is 8.13. The molecule has 1 aliphatic rings. The number of benzene rings is 1. The van der Waals surface area contributed by atoms with Crippen molar-refractivity contribution in [3.63, 3.8) is 0 Å². The van der Waals surface area contributed by atoms with E-state index in [0.717, 1.165) is 35.2 Å². The van der Waals surface area contributed by atoms with E-state index >= 15 is 0 Å². The summed E-state index contributed by atoms with van der Waals surface area (Å²) < 4.78 is 0. The number of fused-ring (bicyclic) bond motifs is 1. The Kier molecular flexibility index (Phi) is 5.03. The van der Waals surface area contributed by atoms with Crippen LogP contribution >= 0.6 is 0 Å². The Bertz CT molecular complexity index is 818. The second-order valence-electron chi connectivity index (χ2n) is 8.13. The monoisotopic (exact) mass is 352 g/mol. The third kappa shape index (κ3) is 3.59. The molecule has 0 spiro atoms. The third-order valence-corrected chi connectivity index (χ3v) is 5.11. The number of hydrogen-bond donors (Lipinski definition) is 1. The Balaban J connectivity index is 1.92. The van der Waals surface area contributed by atoms with Crippen LogP contribution in [0, 0.1) is 12.3 Å². The van der Waals surface area contributed by atoms with E-state index < -0.39 is 0 Å². The lowest BCUT2D eigenvalue weighted by Crippen LogP contribution is -2.32. The molecule has 138 valence electrons. The Morgan fingerprint density at radius 2 is 1.88 bits per heavy atom. The molecule has 0 atom stereocenters. The number of hydrogen-bond acceptors (Lipinski definition) is 2. The zero-order chi connectivity index (χ0) is 18.9. The predicted octanol–water partition coefficient (Wildman–Crippen LogP) is 4.53. The molecule has 4 heteroatoms. The molecule has 1 N–H and O–H groups in total. The maximum atomic E-state index is 13.2. The van der Waals surface area contributed by atoms with E-state index in [0.29, 0.717) is 25.2 Å². The summed E-state index contributed by atoms with van der Waals surface area (Å²) in [7, 11) is 0. The predicted molar refractivity (Wildman–Crippen MR) is 103 cm³/mol. The molecule has 1 aliphatic carbocycles. The molecule has 0 saturated carbocycles. The quantitative estimate of drug-likeness (QED) is 0.859. The Morgan fingerprint density at radius 3 is 2.54 bits per heavy atom. The number of H-pyrrole nitrogens is 1. The topological polar surface area (TPSA) is 53.2 Å². The molecule has 26 heavy (non-hydrogen) atoms. The van der Waals surface area contributed by atoms with Crippen molar-refractivity contribution in [2.45, 2.75) is 53.5 Å². The molecule has 3 rings (SSSR count). The van der Waals surface area contributed by atoms with Gasteiger partial charge >= 0.3 is 0 Å². The van der Waals surface area contributed by atoms with E-state index in [1.54, 1.807) is 0 Å². The largest absolute Gasteiger partial charge is 0.354 e. The van der Waals surface area contributed by atoms with E-state index in [1.807, 2.05) is 42.2 Å². The molecule has 0 bridgehead atoms. The van der Waals surface area contributed by atoms with Crippen molar-refractivity contribution in [1.82, 2.24) is 9.88 Å². The first-order valence-electron chi connectivity index (χ1n) is 9.40. The van der Waals surface area contributed by atoms with Crippen LogP contribution in [0.1, 0.15) is 71.3 Å². The highest BCUT2D eigenvalue weighted by atomic mass is 16.2. The summed E-state index contributed by atoms with van der Waals surface area (Å²) in [6.07, 6.45) is 2.23. The lowest BCUT2D eigenvalue weighted by atomic mass is 9.75. The molecule has 0 fully saturated rings. The summed E-state index contributed by atoms with van der Waals surface area (Å²) in [6.45, 7) is 9.44. The smallest absolute Gasteiger partial charge is 0.270 e. The minimum atomic E-state index is -0.0607. The molecule has 1 heterocycles. The first-order valence-corrected chi connectivity index (χ1v) is 9.40. The SMILES string of the molecule is CCCN(Cc1ccccc1)C(=O)c1[nH]c2c(c1C)C(=O)CC(C)(C)C2. The first kappa shape index (κ1) is 18.4. The summed E-state index contributed by atoms with van der Waals surface area (Å²) in [5.74, 6) is 0.127. The molecule has 1 aromatic heterocycles. The van der Waals surface area contributed by atoms with Gasteiger partial charge in [0.2, 0.25) is 0 Å². The molecular formula is C22H28N2O2. The fraction of sp³-hybridized carbons (Fsp3) is 0.455. The molecule has 0 saturated heterocycles. The van der Waals surface area contributed by atoms with Crippen LogP contribution in [0.15, 0.2) is 30.3 Å². The highest BCUT2D eigenvalue weighted by Crippen LogP contribution is 2.37. The van der Waals surface area contributed by atoms with Crippen LogP contribution in [0.25, 0.3) is 0 Å². The Morgan fingerprint density at radius 1 is 1.19 bits per heavy atom. The van der Waals surface area contributed by atoms with Crippen LogP contribution in [0.3, 0.4) is 0 Å². The van der Waals surface area contributed by atoms with Gasteiger partial charge in [0.1, 0.15) is 5.69 Å². The number of aromatic amines is 1. The molecule has 0 aliphatic heterocycles. The summed E-state index contributed by atoms with van der Waals surface area (Å²) in [6, 6.07) is 10.0. The maximum absolute atomic E-state index is 13.2. The Labute approximate surface area is 155 Å². The molecular weight excluding hydrogens is 324 g/mol. The fourth-order valence-electron chi connectivity index (χ4n) is 3.93. The average Bonchev–Trinajstić information content (AvgIpc) is 2.90. The standard InChI is InChI=1S/C22H28N2O2/c1-5-11-24(14-16-9-7-6-8-10-16)21(26)20-15(2)19-17(23-20)12-22(3,4)13-18(19)25/h6-10,23H,5,11-14H2,1-4H3. The van der Waals surface area contributed by atoms with E-state index in [2.05, 4.69) is 25.8 Å². The van der Waals surface area contributed by atoms with Gasteiger partial charge in [0.25, 0.3) is 5.91 Å². The van der Waals surface area contributed by atoms with Crippen molar-refractivity contribution in [2.24, 2.45) is 5.41 Å². The number of amides is 1. The summed E-state index contributed by atoms with van der Waals surface area (Å²) in [5, 5.41) is 0. The van der Waals surface area contributed by atoms with E-state index in [-0.39, 0.29) is 17.1 Å². The first-order chi connectivity index (χ1) is 12.3. The van der Waals surface area contributed by atoms with Crippen molar-refractivity contribution in [1.29, 1.82) is 0 Å². The number of nitrogens with one attached hydrogen (secondary N) is 1. The summed E-state index contributed by atoms with van der Waals surface area (Å²) >= 11 is 0. The normalized spacial score (nSPS) is 15.6. The van der Waals surface area contributed by atoms with Crippen LogP contribution in [0.2, 0.25) is 0 Å². The van der Waals surface area contributed by atoms with Gasteiger partial charge in [-0.25, -0.2) is 0 Å². The van der Waals surface area contributed by atoms with E-state index in [9.17, 15) is 9.59 Å². The summed E-state index contributed by atoms with van der Waals surface area (Å²) in [5.41, 5.74) is 4.09. The number of ketones is 1. The number of aromatic nitrogens is 1. The lowest BCUT2D eigenvalue weighted by molar-refractivity contribution is 0.0736. The molecule has 0 radical (unpaired) electrons. The van der Waals surface area contributed by atoms with Crippen LogP contribution in [0.5, 0.6) is 0 Å². The number of carbonyl (C=O) groups excluding carboxylic acids is 2. The highest BCUT2D eigenvalue weighted by Gasteiger charge is 2.35. The van der Waals surface area contributed by atoms with E-state index in [1.165, 1.54) is 0 Å². The van der Waals surface area contributed by atoms with Crippen molar-refractivity contribution in [3.8, 4) is 0 Å². The van der Waals surface area contributed by atoms with Crippen molar-refractivity contribution >= 4 is 11.7 Å². The van der Waals surface area contributed by atoms with Gasteiger partial charge in [-0.3, -0.25) is 9.59 Å². The van der Waals surface area contributed by atoms with E-state index in [4.69, 9.17) is 0 Å². The average molecular weight is 352 g/mol. The molecule has 4 nitrogen and oxygen atoms in total. The zero-order valence-corrected chi connectivity index (χ0v) is 16.2. The Hall–Kier alpha value is -2.36. The minimum absolute atomic E-state index is 0.0202. The van der Waals surface area contributed by atoms with Crippen LogP contribution in [-0.4, -0.2) is 28.1 Å². The van der Waals surface area contributed by atoms with Crippen molar-refractivity contribution in [3.05, 3.63) is 58.4 Å². The fourth-order valence-corrected chi connectivity index (χ4v) is 3.93. The van der Waals surface area contributed by atoms with Gasteiger partial charge in [-0.15, -0.1) is 0 Å². The van der Waals surface area contributed by atoms with Gasteiger partial charge in [-0.05, 0) is 36.3 Å². The van der Waals surface area contributed by atoms with Gasteiger partial charge in [-0.2, -0.15) is 0 Å². The molecule has 0 unspecified atom stereocenters. The second kappa shape index (κ2) is 7.10. The van der Waals surface area contributed by atoms with Crippen LogP contribution < -0.4 is 0 Å². The van der Waals surface area contributed by atoms with Gasteiger partial charge in [0, 0.05) is 30.8 Å². The van der Waals surface area contributed by atoms with Gasteiger partial charge < -0.3 is 9.88 Å².